The van der Waals surface area contributed by atoms with E-state index < -0.39 is 0 Å². The molecule has 0 bridgehead atoms. The Bertz CT molecular complexity index is 626. The van der Waals surface area contributed by atoms with Crippen molar-refractivity contribution >= 4 is 27.7 Å². The Hall–Kier alpha value is -1.66. The van der Waals surface area contributed by atoms with E-state index in [1.807, 2.05) is 24.3 Å². The summed E-state index contributed by atoms with van der Waals surface area (Å²) in [6.07, 6.45) is 0.354. The van der Waals surface area contributed by atoms with Gasteiger partial charge in [0.15, 0.2) is 0 Å². The van der Waals surface area contributed by atoms with Crippen molar-refractivity contribution in [1.29, 1.82) is 0 Å². The van der Waals surface area contributed by atoms with Gasteiger partial charge in [0, 0.05) is 35.1 Å². The molecule has 98 valence electrons. The number of nitrogens with zero attached hydrogens (tertiary/aromatic N) is 2. The molecule has 0 aliphatic carbocycles. The summed E-state index contributed by atoms with van der Waals surface area (Å²) in [5, 5.41) is 4.00. The number of aromatic nitrogens is 1. The van der Waals surface area contributed by atoms with Gasteiger partial charge in [-0.05, 0) is 12.1 Å². The molecule has 2 N–H and O–H groups in total. The van der Waals surface area contributed by atoms with Crippen LogP contribution in [0.15, 0.2) is 39.3 Å². The van der Waals surface area contributed by atoms with Gasteiger partial charge in [-0.3, -0.25) is 9.69 Å². The van der Waals surface area contributed by atoms with Crippen LogP contribution in [0.2, 0.25) is 0 Å². The fraction of sp³-hybridized carbons (Fsp3) is 0.231. The van der Waals surface area contributed by atoms with Crippen LogP contribution >= 0.6 is 15.9 Å². The summed E-state index contributed by atoms with van der Waals surface area (Å²) in [7, 11) is 0. The molecule has 2 heterocycles. The molecule has 1 fully saturated rings. The molecule has 0 saturated carbocycles. The lowest BCUT2D eigenvalue weighted by atomic mass is 10.1. The molecule has 5 nitrogen and oxygen atoms in total. The van der Waals surface area contributed by atoms with Gasteiger partial charge in [0.2, 0.25) is 11.8 Å². The molecule has 1 saturated heterocycles. The fourth-order valence-electron chi connectivity index (χ4n) is 2.12. The summed E-state index contributed by atoms with van der Waals surface area (Å²) in [4.78, 5) is 13.3. The van der Waals surface area contributed by atoms with E-state index in [0.29, 0.717) is 24.5 Å². The van der Waals surface area contributed by atoms with Crippen molar-refractivity contribution < 1.29 is 9.32 Å². The molecular formula is C13H12BrN3O2. The minimum Gasteiger partial charge on any atom is -0.338 e. The van der Waals surface area contributed by atoms with Gasteiger partial charge in [0.05, 0.1) is 0 Å². The Morgan fingerprint density at radius 2 is 2.26 bits per heavy atom. The minimum absolute atomic E-state index is 0.0237. The van der Waals surface area contributed by atoms with Crippen LogP contribution in [0, 0.1) is 0 Å². The lowest BCUT2D eigenvalue weighted by Gasteiger charge is -2.09. The Kier molecular flexibility index (Phi) is 3.12. The van der Waals surface area contributed by atoms with Gasteiger partial charge in [-0.15, -0.1) is 0 Å². The van der Waals surface area contributed by atoms with Crippen molar-refractivity contribution in [2.24, 2.45) is 5.73 Å². The Labute approximate surface area is 118 Å². The zero-order valence-electron chi connectivity index (χ0n) is 10.0. The summed E-state index contributed by atoms with van der Waals surface area (Å²) >= 11 is 3.41. The maximum atomic E-state index is 11.7. The first-order chi connectivity index (χ1) is 9.13. The molecule has 1 aromatic heterocycles. The normalized spacial score (nSPS) is 19.2. The molecule has 1 unspecified atom stereocenters. The van der Waals surface area contributed by atoms with E-state index in [-0.39, 0.29) is 11.9 Å². The third-order valence-corrected chi connectivity index (χ3v) is 3.53. The predicted molar refractivity (Wildman–Crippen MR) is 74.6 cm³/mol. The lowest BCUT2D eigenvalue weighted by molar-refractivity contribution is -0.117. The van der Waals surface area contributed by atoms with Crippen molar-refractivity contribution in [2.45, 2.75) is 12.5 Å². The lowest BCUT2D eigenvalue weighted by Crippen LogP contribution is -2.27. The Morgan fingerprint density at radius 3 is 2.95 bits per heavy atom. The first-order valence-electron chi connectivity index (χ1n) is 5.92. The molecule has 3 rings (SSSR count). The molecule has 6 heteroatoms. The van der Waals surface area contributed by atoms with Gasteiger partial charge in [0.25, 0.3) is 0 Å². The van der Waals surface area contributed by atoms with E-state index in [1.165, 1.54) is 0 Å². The predicted octanol–water partition coefficient (Wildman–Crippen LogP) is 2.17. The standard InChI is InChI=1S/C13H12BrN3O2/c14-9-3-1-2-8(4-9)11-6-13(19-16-11)17-7-10(15)5-12(17)18/h1-4,6,10H,5,7,15H2. The van der Waals surface area contributed by atoms with Crippen LogP contribution in [0.1, 0.15) is 6.42 Å². The molecule has 19 heavy (non-hydrogen) atoms. The Balaban J connectivity index is 1.90. The number of hydrogen-bond acceptors (Lipinski definition) is 4. The number of carbonyl (C=O) groups is 1. The second-order valence-corrected chi connectivity index (χ2v) is 5.44. The monoisotopic (exact) mass is 321 g/mol. The molecule has 0 spiro atoms. The average molecular weight is 322 g/mol. The van der Waals surface area contributed by atoms with Crippen LogP contribution < -0.4 is 10.6 Å². The van der Waals surface area contributed by atoms with Crippen molar-refractivity contribution in [3.05, 3.63) is 34.8 Å². The number of hydrogen-bond donors (Lipinski definition) is 1. The van der Waals surface area contributed by atoms with E-state index in [1.54, 1.807) is 11.0 Å². The highest BCUT2D eigenvalue weighted by molar-refractivity contribution is 9.10. The SMILES string of the molecule is NC1CC(=O)N(c2cc(-c3cccc(Br)c3)no2)C1. The van der Waals surface area contributed by atoms with Gasteiger partial charge in [-0.25, -0.2) is 0 Å². The average Bonchev–Trinajstić information content (AvgIpc) is 2.96. The summed E-state index contributed by atoms with van der Waals surface area (Å²) < 4.78 is 6.21. The van der Waals surface area contributed by atoms with Crippen LogP contribution in [0.25, 0.3) is 11.3 Å². The molecule has 1 aliphatic rings. The summed E-state index contributed by atoms with van der Waals surface area (Å²) in [5.74, 6) is 0.428. The van der Waals surface area contributed by atoms with Gasteiger partial charge >= 0.3 is 0 Å². The van der Waals surface area contributed by atoms with Crippen molar-refractivity contribution in [2.75, 3.05) is 11.4 Å². The molecule has 1 aromatic carbocycles. The molecule has 1 amide bonds. The number of amides is 1. The van der Waals surface area contributed by atoms with Gasteiger partial charge in [0.1, 0.15) is 5.69 Å². The molecule has 2 aromatic rings. The molecule has 0 radical (unpaired) electrons. The second kappa shape index (κ2) is 4.79. The van der Waals surface area contributed by atoms with Crippen LogP contribution in [-0.4, -0.2) is 23.7 Å². The summed E-state index contributed by atoms with van der Waals surface area (Å²) in [6.45, 7) is 0.478. The minimum atomic E-state index is -0.132. The van der Waals surface area contributed by atoms with E-state index in [2.05, 4.69) is 21.1 Å². The zero-order valence-corrected chi connectivity index (χ0v) is 11.6. The highest BCUT2D eigenvalue weighted by atomic mass is 79.9. The largest absolute Gasteiger partial charge is 0.338 e. The van der Waals surface area contributed by atoms with Crippen LogP contribution in [0.3, 0.4) is 0 Å². The van der Waals surface area contributed by atoms with Crippen molar-refractivity contribution in [1.82, 2.24) is 5.16 Å². The molecular weight excluding hydrogens is 310 g/mol. The summed E-state index contributed by atoms with van der Waals surface area (Å²) in [6, 6.07) is 9.37. The van der Waals surface area contributed by atoms with Crippen LogP contribution in [0.4, 0.5) is 5.88 Å². The third-order valence-electron chi connectivity index (χ3n) is 3.04. The number of anilines is 1. The number of benzene rings is 1. The van der Waals surface area contributed by atoms with Crippen molar-refractivity contribution in [3.63, 3.8) is 0 Å². The van der Waals surface area contributed by atoms with Crippen LogP contribution in [-0.2, 0) is 4.79 Å². The second-order valence-electron chi connectivity index (χ2n) is 4.53. The maximum absolute atomic E-state index is 11.7. The fourth-order valence-corrected chi connectivity index (χ4v) is 2.52. The highest BCUT2D eigenvalue weighted by Gasteiger charge is 2.30. The van der Waals surface area contributed by atoms with Crippen LogP contribution in [0.5, 0.6) is 0 Å². The van der Waals surface area contributed by atoms with E-state index >= 15 is 0 Å². The topological polar surface area (TPSA) is 72.4 Å². The number of nitrogens with two attached hydrogens (primary N) is 1. The first-order valence-corrected chi connectivity index (χ1v) is 6.71. The number of halogens is 1. The quantitative estimate of drug-likeness (QED) is 0.920. The molecule has 1 aliphatic heterocycles. The van der Waals surface area contributed by atoms with Gasteiger partial charge in [-0.1, -0.05) is 33.2 Å². The highest BCUT2D eigenvalue weighted by Crippen LogP contribution is 2.28. The zero-order chi connectivity index (χ0) is 13.4. The smallest absolute Gasteiger partial charge is 0.234 e. The van der Waals surface area contributed by atoms with Crippen molar-refractivity contribution in [3.8, 4) is 11.3 Å². The van der Waals surface area contributed by atoms with E-state index in [4.69, 9.17) is 10.3 Å². The number of rotatable bonds is 2. The Morgan fingerprint density at radius 1 is 1.42 bits per heavy atom. The third kappa shape index (κ3) is 2.41. The van der Waals surface area contributed by atoms with Gasteiger partial charge in [-0.2, -0.15) is 0 Å². The first kappa shape index (κ1) is 12.4. The van der Waals surface area contributed by atoms with E-state index in [0.717, 1.165) is 10.0 Å². The maximum Gasteiger partial charge on any atom is 0.234 e. The van der Waals surface area contributed by atoms with Gasteiger partial charge < -0.3 is 10.3 Å². The summed E-state index contributed by atoms with van der Waals surface area (Å²) in [5.41, 5.74) is 7.39. The number of carbonyl (C=O) groups excluding carboxylic acids is 1. The molecule has 1 atom stereocenters. The van der Waals surface area contributed by atoms with E-state index in [9.17, 15) is 4.79 Å².